The molecule has 0 fully saturated rings. The van der Waals surface area contributed by atoms with Crippen LogP contribution in [-0.2, 0) is 12.6 Å². The number of alkyl halides is 3. The van der Waals surface area contributed by atoms with Gasteiger partial charge in [-0.2, -0.15) is 18.2 Å². The topological polar surface area (TPSA) is 47.0 Å². The van der Waals surface area contributed by atoms with Crippen molar-refractivity contribution in [1.29, 1.82) is 0 Å². The third kappa shape index (κ3) is 5.62. The highest BCUT2D eigenvalue weighted by Crippen LogP contribution is 2.35. The van der Waals surface area contributed by atoms with Crippen LogP contribution in [0.5, 0.6) is 5.88 Å². The fourth-order valence-electron chi connectivity index (χ4n) is 2.26. The lowest BCUT2D eigenvalue weighted by Crippen LogP contribution is -2.15. The lowest BCUT2D eigenvalue weighted by molar-refractivity contribution is -0.139. The summed E-state index contributed by atoms with van der Waals surface area (Å²) in [6, 6.07) is 7.64. The van der Waals surface area contributed by atoms with Gasteiger partial charge in [-0.25, -0.2) is 4.98 Å². The van der Waals surface area contributed by atoms with E-state index in [1.54, 1.807) is 13.8 Å². The summed E-state index contributed by atoms with van der Waals surface area (Å²) in [6.45, 7) is 7.56. The molecule has 1 aromatic carbocycles. The Balaban J connectivity index is 2.22. The van der Waals surface area contributed by atoms with E-state index in [-0.39, 0.29) is 5.95 Å². The van der Waals surface area contributed by atoms with Crippen molar-refractivity contribution in [2.45, 2.75) is 46.4 Å². The number of benzene rings is 1. The molecule has 7 heteroatoms. The summed E-state index contributed by atoms with van der Waals surface area (Å²) < 4.78 is 44.3. The van der Waals surface area contributed by atoms with Crippen molar-refractivity contribution in [2.24, 2.45) is 5.92 Å². The number of hydrogen-bond donors (Lipinski definition) is 1. The van der Waals surface area contributed by atoms with Gasteiger partial charge in [0.25, 0.3) is 0 Å². The second kappa shape index (κ2) is 7.72. The standard InChI is InChI=1S/C18H22F3N3O/c1-11(2)9-13-5-7-14(8-6-13)23-17-22-10-15(18(19,20)21)16(24-17)25-12(3)4/h5-8,10-12H,9H2,1-4H3,(H,22,23,24). The summed E-state index contributed by atoms with van der Waals surface area (Å²) >= 11 is 0. The van der Waals surface area contributed by atoms with Crippen molar-refractivity contribution in [2.75, 3.05) is 5.32 Å². The summed E-state index contributed by atoms with van der Waals surface area (Å²) in [5.41, 5.74) is 0.902. The Morgan fingerprint density at radius 1 is 1.08 bits per heavy atom. The summed E-state index contributed by atoms with van der Waals surface area (Å²) in [5.74, 6) is 0.129. The SMILES string of the molecule is CC(C)Cc1ccc(Nc2ncc(C(F)(F)F)c(OC(C)C)n2)cc1. The van der Waals surface area contributed by atoms with Crippen molar-refractivity contribution in [1.82, 2.24) is 9.97 Å². The molecule has 25 heavy (non-hydrogen) atoms. The Hall–Kier alpha value is -2.31. The summed E-state index contributed by atoms with van der Waals surface area (Å²) in [7, 11) is 0. The van der Waals surface area contributed by atoms with E-state index in [0.29, 0.717) is 11.6 Å². The van der Waals surface area contributed by atoms with Gasteiger partial charge < -0.3 is 10.1 Å². The number of halogens is 3. The smallest absolute Gasteiger partial charge is 0.423 e. The third-order valence-electron chi connectivity index (χ3n) is 3.26. The van der Waals surface area contributed by atoms with Gasteiger partial charge in [0.1, 0.15) is 5.56 Å². The average Bonchev–Trinajstić information content (AvgIpc) is 2.47. The van der Waals surface area contributed by atoms with E-state index in [1.165, 1.54) is 5.56 Å². The fourth-order valence-corrected chi connectivity index (χ4v) is 2.26. The molecule has 2 rings (SSSR count). The van der Waals surface area contributed by atoms with Crippen LogP contribution in [0.25, 0.3) is 0 Å². The predicted molar refractivity (Wildman–Crippen MR) is 91.1 cm³/mol. The van der Waals surface area contributed by atoms with Crippen LogP contribution in [0.15, 0.2) is 30.5 Å². The Morgan fingerprint density at radius 2 is 1.72 bits per heavy atom. The molecule has 1 N–H and O–H groups in total. The lowest BCUT2D eigenvalue weighted by atomic mass is 10.0. The molecule has 0 aliphatic heterocycles. The monoisotopic (exact) mass is 353 g/mol. The average molecular weight is 353 g/mol. The van der Waals surface area contributed by atoms with E-state index < -0.39 is 23.7 Å². The molecule has 1 aromatic heterocycles. The highest BCUT2D eigenvalue weighted by Gasteiger charge is 2.36. The van der Waals surface area contributed by atoms with Crippen LogP contribution in [-0.4, -0.2) is 16.1 Å². The summed E-state index contributed by atoms with van der Waals surface area (Å²) in [6.07, 6.45) is -3.30. The number of ether oxygens (including phenoxy) is 1. The molecule has 0 radical (unpaired) electrons. The molecule has 0 spiro atoms. The fraction of sp³-hybridized carbons (Fsp3) is 0.444. The largest absolute Gasteiger partial charge is 0.474 e. The third-order valence-corrected chi connectivity index (χ3v) is 3.26. The van der Waals surface area contributed by atoms with Crippen molar-refractivity contribution in [3.05, 3.63) is 41.6 Å². The first-order valence-corrected chi connectivity index (χ1v) is 8.12. The minimum atomic E-state index is -4.57. The van der Waals surface area contributed by atoms with Crippen molar-refractivity contribution < 1.29 is 17.9 Å². The highest BCUT2D eigenvalue weighted by molar-refractivity contribution is 5.54. The Kier molecular flexibility index (Phi) is 5.87. The molecule has 1 heterocycles. The molecule has 0 saturated carbocycles. The first kappa shape index (κ1) is 19.0. The highest BCUT2D eigenvalue weighted by atomic mass is 19.4. The first-order chi connectivity index (χ1) is 11.6. The van der Waals surface area contributed by atoms with Gasteiger partial charge in [0, 0.05) is 11.9 Å². The maximum absolute atomic E-state index is 13.0. The van der Waals surface area contributed by atoms with E-state index in [4.69, 9.17) is 4.74 Å². The number of nitrogens with zero attached hydrogens (tertiary/aromatic N) is 2. The summed E-state index contributed by atoms with van der Waals surface area (Å²) in [5, 5.41) is 2.91. The van der Waals surface area contributed by atoms with Gasteiger partial charge in [-0.15, -0.1) is 0 Å². The number of anilines is 2. The van der Waals surface area contributed by atoms with Crippen LogP contribution in [0, 0.1) is 5.92 Å². The van der Waals surface area contributed by atoms with Crippen molar-refractivity contribution >= 4 is 11.6 Å². The van der Waals surface area contributed by atoms with Gasteiger partial charge in [0.15, 0.2) is 0 Å². The molecule has 0 bridgehead atoms. The quantitative estimate of drug-likeness (QED) is 0.773. The van der Waals surface area contributed by atoms with Crippen LogP contribution in [0.4, 0.5) is 24.8 Å². The molecule has 0 aliphatic rings. The number of nitrogens with one attached hydrogen (secondary N) is 1. The van der Waals surface area contributed by atoms with Gasteiger partial charge in [-0.05, 0) is 43.9 Å². The van der Waals surface area contributed by atoms with Crippen molar-refractivity contribution in [3.63, 3.8) is 0 Å². The molecule has 0 unspecified atom stereocenters. The Labute approximate surface area is 145 Å². The number of rotatable bonds is 6. The maximum atomic E-state index is 13.0. The Morgan fingerprint density at radius 3 is 2.24 bits per heavy atom. The van der Waals surface area contributed by atoms with Crippen LogP contribution in [0.3, 0.4) is 0 Å². The normalized spacial score (nSPS) is 11.9. The van der Waals surface area contributed by atoms with Crippen molar-refractivity contribution in [3.8, 4) is 5.88 Å². The lowest BCUT2D eigenvalue weighted by Gasteiger charge is -2.16. The molecular formula is C18H22F3N3O. The number of hydrogen-bond acceptors (Lipinski definition) is 4. The Bertz CT molecular complexity index is 698. The van der Waals surface area contributed by atoms with Gasteiger partial charge in [0.2, 0.25) is 11.8 Å². The molecule has 2 aromatic rings. The zero-order valence-corrected chi connectivity index (χ0v) is 14.7. The van der Waals surface area contributed by atoms with E-state index in [1.807, 2.05) is 24.3 Å². The van der Waals surface area contributed by atoms with Gasteiger partial charge >= 0.3 is 6.18 Å². The summed E-state index contributed by atoms with van der Waals surface area (Å²) in [4.78, 5) is 7.64. The molecule has 4 nitrogen and oxygen atoms in total. The molecule has 0 aliphatic carbocycles. The minimum Gasteiger partial charge on any atom is -0.474 e. The van der Waals surface area contributed by atoms with Gasteiger partial charge in [-0.1, -0.05) is 26.0 Å². The molecule has 0 amide bonds. The van der Waals surface area contributed by atoms with E-state index >= 15 is 0 Å². The predicted octanol–water partition coefficient (Wildman–Crippen LogP) is 5.22. The minimum absolute atomic E-state index is 0.0558. The van der Waals surface area contributed by atoms with Gasteiger partial charge in [0.05, 0.1) is 6.10 Å². The number of aromatic nitrogens is 2. The zero-order valence-electron chi connectivity index (χ0n) is 14.7. The van der Waals surface area contributed by atoms with Gasteiger partial charge in [-0.3, -0.25) is 0 Å². The molecular weight excluding hydrogens is 331 g/mol. The van der Waals surface area contributed by atoms with Crippen LogP contribution < -0.4 is 10.1 Å². The van der Waals surface area contributed by atoms with Crippen LogP contribution in [0.2, 0.25) is 0 Å². The van der Waals surface area contributed by atoms with E-state index in [2.05, 4.69) is 29.1 Å². The zero-order chi connectivity index (χ0) is 18.6. The molecule has 0 atom stereocenters. The second-order valence-corrected chi connectivity index (χ2v) is 6.50. The van der Waals surface area contributed by atoms with E-state index in [9.17, 15) is 13.2 Å². The van der Waals surface area contributed by atoms with Crippen LogP contribution >= 0.6 is 0 Å². The maximum Gasteiger partial charge on any atom is 0.423 e. The second-order valence-electron chi connectivity index (χ2n) is 6.50. The van der Waals surface area contributed by atoms with E-state index in [0.717, 1.165) is 12.6 Å². The first-order valence-electron chi connectivity index (χ1n) is 8.12. The molecule has 136 valence electrons. The van der Waals surface area contributed by atoms with Crippen LogP contribution in [0.1, 0.15) is 38.8 Å². The molecule has 0 saturated heterocycles.